The summed E-state index contributed by atoms with van der Waals surface area (Å²) in [5.74, 6) is 1.37. The van der Waals surface area contributed by atoms with Crippen molar-refractivity contribution in [2.45, 2.75) is 6.17 Å². The first kappa shape index (κ1) is 35.8. The molecule has 65 heavy (non-hydrogen) atoms. The van der Waals surface area contributed by atoms with Crippen LogP contribution in [-0.4, -0.2) is 20.8 Å². The van der Waals surface area contributed by atoms with Crippen molar-refractivity contribution in [3.8, 4) is 11.4 Å². The minimum atomic E-state index is -0.424. The molecule has 0 amide bonds. The summed E-state index contributed by atoms with van der Waals surface area (Å²) < 4.78 is 11.6. The fraction of sp³-hybridized carbons (Fsp3) is 0.0169. The average Bonchev–Trinajstić information content (AvgIpc) is 4.02. The number of furan rings is 1. The lowest BCUT2D eigenvalue weighted by Crippen LogP contribution is -2.33. The van der Waals surface area contributed by atoms with Gasteiger partial charge in [-0.1, -0.05) is 146 Å². The van der Waals surface area contributed by atoms with E-state index in [1.807, 2.05) is 6.07 Å². The van der Waals surface area contributed by atoms with Crippen LogP contribution in [0.25, 0.3) is 98.5 Å². The highest BCUT2D eigenvalue weighted by Gasteiger charge is 2.26. The van der Waals surface area contributed by atoms with E-state index in [0.29, 0.717) is 11.7 Å². The number of hydrogen-bond acceptors (Lipinski definition) is 4. The van der Waals surface area contributed by atoms with E-state index in [1.54, 1.807) is 0 Å². The minimum absolute atomic E-state index is 0.424. The van der Waals surface area contributed by atoms with Gasteiger partial charge in [0.1, 0.15) is 23.2 Å². The van der Waals surface area contributed by atoms with Gasteiger partial charge in [-0.15, -0.1) is 0 Å². The van der Waals surface area contributed by atoms with E-state index in [9.17, 15) is 0 Å². The van der Waals surface area contributed by atoms with Crippen LogP contribution in [0.2, 0.25) is 0 Å². The molecule has 10 aromatic carbocycles. The molecule has 0 saturated carbocycles. The first-order chi connectivity index (χ1) is 32.2. The van der Waals surface area contributed by atoms with Crippen LogP contribution in [0.1, 0.15) is 22.9 Å². The van der Waals surface area contributed by atoms with Crippen molar-refractivity contribution < 1.29 is 4.42 Å². The number of hydrogen-bond donors (Lipinski definition) is 1. The Hall–Kier alpha value is -8.74. The zero-order valence-corrected chi connectivity index (χ0v) is 35.0. The highest BCUT2D eigenvalue weighted by atomic mass is 16.3. The quantitative estimate of drug-likeness (QED) is 0.188. The molecule has 1 N–H and O–H groups in total. The Morgan fingerprint density at radius 2 is 1.05 bits per heavy atom. The van der Waals surface area contributed by atoms with Crippen LogP contribution < -0.4 is 5.32 Å². The minimum Gasteiger partial charge on any atom is -0.456 e. The van der Waals surface area contributed by atoms with Gasteiger partial charge in [-0.25, -0.2) is 9.98 Å². The third-order valence-corrected chi connectivity index (χ3v) is 13.3. The summed E-state index contributed by atoms with van der Waals surface area (Å²) in [6, 6.07) is 75.7. The molecule has 6 nitrogen and oxygen atoms in total. The topological polar surface area (TPSA) is 59.8 Å². The number of nitrogens with one attached hydrogen (secondary N) is 1. The molecule has 1 aliphatic rings. The lowest BCUT2D eigenvalue weighted by atomic mass is 10.0. The second kappa shape index (κ2) is 13.9. The molecule has 1 unspecified atom stereocenters. The van der Waals surface area contributed by atoms with E-state index in [0.717, 1.165) is 77.5 Å². The van der Waals surface area contributed by atoms with Crippen LogP contribution in [0.4, 0.5) is 0 Å². The van der Waals surface area contributed by atoms with Gasteiger partial charge in [-0.3, -0.25) is 0 Å². The standard InChI is InChI=1S/C59H37N5O/c1-2-18-43(19-3-1)63-49-23-11-8-20-44(49)46-29-28-41(33-51(46)63)58-60-57(40-27-26-36-14-4-5-15-37(36)30-40)61-59(62-58)42-34-53(56-47-22-10-13-25-54(47)65-55(56)35-42)64-50-24-12-9-21-45(50)48-31-38-16-6-7-17-39(38)32-52(48)64/h1-35,57H,(H,60,61,62). The largest absolute Gasteiger partial charge is 0.456 e. The summed E-state index contributed by atoms with van der Waals surface area (Å²) in [4.78, 5) is 10.9. The zero-order valence-electron chi connectivity index (χ0n) is 35.0. The molecule has 0 aliphatic carbocycles. The second-order valence-electron chi connectivity index (χ2n) is 17.0. The van der Waals surface area contributed by atoms with Crippen LogP contribution in [-0.2, 0) is 0 Å². The molecule has 0 radical (unpaired) electrons. The third kappa shape index (κ3) is 5.54. The molecule has 1 atom stereocenters. The van der Waals surface area contributed by atoms with E-state index in [2.05, 4.69) is 221 Å². The van der Waals surface area contributed by atoms with Gasteiger partial charge in [0.15, 0.2) is 5.84 Å². The second-order valence-corrected chi connectivity index (χ2v) is 17.0. The van der Waals surface area contributed by atoms with Gasteiger partial charge in [0.05, 0.1) is 33.1 Å². The molecule has 14 rings (SSSR count). The average molecular weight is 832 g/mol. The van der Waals surface area contributed by atoms with E-state index in [-0.39, 0.29) is 0 Å². The first-order valence-electron chi connectivity index (χ1n) is 22.1. The number of fused-ring (bicyclic) bond motifs is 11. The number of para-hydroxylation sites is 4. The van der Waals surface area contributed by atoms with Crippen LogP contribution in [0, 0.1) is 0 Å². The van der Waals surface area contributed by atoms with Gasteiger partial charge in [0.25, 0.3) is 0 Å². The number of nitrogens with zero attached hydrogens (tertiary/aromatic N) is 4. The summed E-state index contributed by atoms with van der Waals surface area (Å²) in [5, 5.41) is 15.5. The highest BCUT2D eigenvalue weighted by molar-refractivity contribution is 6.20. The predicted octanol–water partition coefficient (Wildman–Crippen LogP) is 14.6. The molecule has 13 aromatic rings. The Morgan fingerprint density at radius 1 is 0.415 bits per heavy atom. The molecule has 0 fully saturated rings. The summed E-state index contributed by atoms with van der Waals surface area (Å²) in [5.41, 5.74) is 11.1. The fourth-order valence-electron chi connectivity index (χ4n) is 10.3. The first-order valence-corrected chi connectivity index (χ1v) is 22.1. The van der Waals surface area contributed by atoms with Crippen LogP contribution >= 0.6 is 0 Å². The molecule has 3 aromatic heterocycles. The predicted molar refractivity (Wildman–Crippen MR) is 269 cm³/mol. The van der Waals surface area contributed by atoms with E-state index in [4.69, 9.17) is 14.4 Å². The maximum Gasteiger partial charge on any atom is 0.159 e. The molecule has 1 aliphatic heterocycles. The molecule has 4 heterocycles. The van der Waals surface area contributed by atoms with Crippen LogP contribution in [0.3, 0.4) is 0 Å². The Labute approximate surface area is 372 Å². The monoisotopic (exact) mass is 831 g/mol. The van der Waals surface area contributed by atoms with Gasteiger partial charge >= 0.3 is 0 Å². The number of aliphatic imine (C=N–C) groups is 2. The lowest BCUT2D eigenvalue weighted by molar-refractivity contribution is 0.666. The fourth-order valence-corrected chi connectivity index (χ4v) is 10.3. The number of aromatic nitrogens is 2. The number of benzene rings is 10. The maximum absolute atomic E-state index is 6.79. The Bertz CT molecular complexity index is 4170. The van der Waals surface area contributed by atoms with Crippen molar-refractivity contribution in [1.82, 2.24) is 14.5 Å². The number of amidine groups is 2. The van der Waals surface area contributed by atoms with Gasteiger partial charge in [-0.05, 0) is 93.8 Å². The molecule has 0 bridgehead atoms. The third-order valence-electron chi connectivity index (χ3n) is 13.3. The van der Waals surface area contributed by atoms with Crippen molar-refractivity contribution in [3.05, 3.63) is 229 Å². The summed E-state index contributed by atoms with van der Waals surface area (Å²) in [6.07, 6.45) is -0.424. The molecule has 304 valence electrons. The molecule has 0 saturated heterocycles. The number of rotatable bonds is 5. The van der Waals surface area contributed by atoms with Crippen molar-refractivity contribution in [3.63, 3.8) is 0 Å². The van der Waals surface area contributed by atoms with Gasteiger partial charge in [0, 0.05) is 43.7 Å². The molecule has 6 heteroatoms. The molecule has 0 spiro atoms. The normalized spacial score (nSPS) is 14.3. The summed E-state index contributed by atoms with van der Waals surface area (Å²) >= 11 is 0. The van der Waals surface area contributed by atoms with Crippen molar-refractivity contribution in [2.24, 2.45) is 9.98 Å². The highest BCUT2D eigenvalue weighted by Crippen LogP contribution is 2.41. The zero-order chi connectivity index (χ0) is 42.6. The van der Waals surface area contributed by atoms with E-state index >= 15 is 0 Å². The Balaban J connectivity index is 1.02. The van der Waals surface area contributed by atoms with Crippen molar-refractivity contribution >= 4 is 98.8 Å². The molecular weight excluding hydrogens is 795 g/mol. The SMILES string of the molecule is c1ccc(-n2c3ccccc3c3ccc(C4=NC(c5ccc6ccccc6c5)NC(c5cc(-n6c7ccccc7c7cc8ccccc8cc76)c6c(c5)oc5ccccc56)=N4)cc32)cc1. The molecular formula is C59H37N5O. The smallest absolute Gasteiger partial charge is 0.159 e. The summed E-state index contributed by atoms with van der Waals surface area (Å²) in [6.45, 7) is 0. The van der Waals surface area contributed by atoms with Gasteiger partial charge in [0.2, 0.25) is 0 Å². The Morgan fingerprint density at radius 3 is 1.86 bits per heavy atom. The van der Waals surface area contributed by atoms with Crippen molar-refractivity contribution in [1.29, 1.82) is 0 Å². The van der Waals surface area contributed by atoms with Crippen molar-refractivity contribution in [2.75, 3.05) is 0 Å². The Kier molecular flexibility index (Phi) is 7.65. The van der Waals surface area contributed by atoms with E-state index < -0.39 is 6.17 Å². The van der Waals surface area contributed by atoms with Gasteiger partial charge < -0.3 is 18.9 Å². The maximum atomic E-state index is 6.79. The summed E-state index contributed by atoms with van der Waals surface area (Å²) in [7, 11) is 0. The van der Waals surface area contributed by atoms with Crippen LogP contribution in [0.5, 0.6) is 0 Å². The van der Waals surface area contributed by atoms with Gasteiger partial charge in [-0.2, -0.15) is 0 Å². The van der Waals surface area contributed by atoms with Crippen LogP contribution in [0.15, 0.2) is 227 Å². The lowest BCUT2D eigenvalue weighted by Gasteiger charge is -2.24. The van der Waals surface area contributed by atoms with E-state index in [1.165, 1.54) is 37.7 Å².